The molecule has 3 amide bonds. The summed E-state index contributed by atoms with van der Waals surface area (Å²) in [5.41, 5.74) is 3.70. The number of H-pyrrole nitrogens is 1. The highest BCUT2D eigenvalue weighted by Crippen LogP contribution is 2.44. The number of hydrogen-bond acceptors (Lipinski definition) is 8. The molecule has 0 saturated heterocycles. The van der Waals surface area contributed by atoms with Crippen LogP contribution in [0.15, 0.2) is 59.7 Å². The highest BCUT2D eigenvalue weighted by molar-refractivity contribution is 5.91. The summed E-state index contributed by atoms with van der Waals surface area (Å²) in [6.07, 6.45) is 0.529. The number of aromatic nitrogens is 4. The number of carbonyl (C=O) groups excluding carboxylic acids is 3. The van der Waals surface area contributed by atoms with Crippen molar-refractivity contribution in [2.45, 2.75) is 26.3 Å². The molecule has 44 heavy (non-hydrogen) atoms. The Bertz CT molecular complexity index is 1750. The SMILES string of the molecule is CC(C)C(=O)Nc1nc2c(ncn2CC(=O)N(CCNC(=O)OCC2c3ccccc3-c3ccccc32)CC(=O)O)c(=O)[nH]1. The van der Waals surface area contributed by atoms with Crippen LogP contribution in [-0.4, -0.2) is 79.6 Å². The fourth-order valence-electron chi connectivity index (χ4n) is 5.03. The molecule has 0 unspecified atom stereocenters. The lowest BCUT2D eigenvalue weighted by atomic mass is 9.98. The second-order valence-corrected chi connectivity index (χ2v) is 10.6. The van der Waals surface area contributed by atoms with Crippen LogP contribution in [0.5, 0.6) is 0 Å². The summed E-state index contributed by atoms with van der Waals surface area (Å²) in [7, 11) is 0. The van der Waals surface area contributed by atoms with Gasteiger partial charge in [-0.2, -0.15) is 4.98 Å². The molecule has 14 heteroatoms. The van der Waals surface area contributed by atoms with Gasteiger partial charge in [0.15, 0.2) is 11.2 Å². The van der Waals surface area contributed by atoms with Crippen LogP contribution in [0.25, 0.3) is 22.3 Å². The summed E-state index contributed by atoms with van der Waals surface area (Å²) in [5.74, 6) is -2.83. The van der Waals surface area contributed by atoms with Gasteiger partial charge >= 0.3 is 12.1 Å². The maximum atomic E-state index is 13.1. The zero-order valence-corrected chi connectivity index (χ0v) is 24.1. The molecule has 2 heterocycles. The maximum Gasteiger partial charge on any atom is 0.407 e. The van der Waals surface area contributed by atoms with Crippen LogP contribution >= 0.6 is 0 Å². The molecule has 0 atom stereocenters. The van der Waals surface area contributed by atoms with Crippen LogP contribution in [0.3, 0.4) is 0 Å². The quantitative estimate of drug-likeness (QED) is 0.200. The van der Waals surface area contributed by atoms with Crippen molar-refractivity contribution in [3.63, 3.8) is 0 Å². The van der Waals surface area contributed by atoms with E-state index in [1.54, 1.807) is 13.8 Å². The van der Waals surface area contributed by atoms with Crippen LogP contribution in [-0.2, 0) is 25.7 Å². The molecule has 4 N–H and O–H groups in total. The lowest BCUT2D eigenvalue weighted by Crippen LogP contribution is -2.42. The molecule has 4 aromatic rings. The number of nitrogens with one attached hydrogen (secondary N) is 3. The zero-order chi connectivity index (χ0) is 31.4. The van der Waals surface area contributed by atoms with Crippen LogP contribution < -0.4 is 16.2 Å². The van der Waals surface area contributed by atoms with E-state index in [-0.39, 0.29) is 61.1 Å². The number of amides is 3. The summed E-state index contributed by atoms with van der Waals surface area (Å²) in [4.78, 5) is 73.4. The molecule has 14 nitrogen and oxygen atoms in total. The molecule has 228 valence electrons. The molecule has 0 radical (unpaired) electrons. The predicted octanol–water partition coefficient (Wildman–Crippen LogP) is 2.17. The van der Waals surface area contributed by atoms with Crippen LogP contribution in [0.2, 0.25) is 0 Å². The number of alkyl carbamates (subject to hydrolysis) is 1. The van der Waals surface area contributed by atoms with E-state index in [0.29, 0.717) is 0 Å². The number of fused-ring (bicyclic) bond motifs is 4. The van der Waals surface area contributed by atoms with Gasteiger partial charge in [0.25, 0.3) is 5.56 Å². The maximum absolute atomic E-state index is 13.1. The summed E-state index contributed by atoms with van der Waals surface area (Å²) >= 11 is 0. The zero-order valence-electron chi connectivity index (χ0n) is 24.1. The van der Waals surface area contributed by atoms with Crippen molar-refractivity contribution in [1.29, 1.82) is 0 Å². The Kier molecular flexibility index (Phi) is 8.69. The Morgan fingerprint density at radius 2 is 1.73 bits per heavy atom. The van der Waals surface area contributed by atoms with E-state index in [4.69, 9.17) is 4.74 Å². The van der Waals surface area contributed by atoms with E-state index in [1.807, 2.05) is 48.5 Å². The Morgan fingerprint density at radius 1 is 1.07 bits per heavy atom. The molecule has 0 aliphatic heterocycles. The van der Waals surface area contributed by atoms with Gasteiger partial charge in [-0.15, -0.1) is 0 Å². The summed E-state index contributed by atoms with van der Waals surface area (Å²) in [5, 5.41) is 14.5. The average molecular weight is 602 g/mol. The molecule has 2 aromatic carbocycles. The first kappa shape index (κ1) is 29.9. The third-order valence-corrected chi connectivity index (χ3v) is 7.22. The van der Waals surface area contributed by atoms with Gasteiger partial charge < -0.3 is 24.6 Å². The summed E-state index contributed by atoms with van der Waals surface area (Å²) < 4.78 is 6.79. The molecule has 2 aromatic heterocycles. The number of imidazole rings is 1. The fourth-order valence-corrected chi connectivity index (χ4v) is 5.03. The van der Waals surface area contributed by atoms with Gasteiger partial charge in [0.2, 0.25) is 17.8 Å². The number of rotatable bonds is 11. The monoisotopic (exact) mass is 601 g/mol. The number of nitrogens with zero attached hydrogens (tertiary/aromatic N) is 4. The van der Waals surface area contributed by atoms with Crippen LogP contribution in [0, 0.1) is 5.92 Å². The number of carbonyl (C=O) groups is 4. The summed E-state index contributed by atoms with van der Waals surface area (Å²) in [6.45, 7) is 2.26. The number of benzene rings is 2. The molecule has 0 spiro atoms. The molecule has 1 aliphatic rings. The lowest BCUT2D eigenvalue weighted by molar-refractivity contribution is -0.144. The first-order chi connectivity index (χ1) is 21.1. The molecular weight excluding hydrogens is 570 g/mol. The molecule has 0 bridgehead atoms. The van der Waals surface area contributed by atoms with Crippen LogP contribution in [0.4, 0.5) is 10.7 Å². The highest BCUT2D eigenvalue weighted by Gasteiger charge is 2.29. The third-order valence-electron chi connectivity index (χ3n) is 7.22. The van der Waals surface area contributed by atoms with Gasteiger partial charge in [0, 0.05) is 24.9 Å². The number of aliphatic carboxylic acids is 1. The standard InChI is InChI=1S/C30H31N7O7/c1-17(2)27(41)34-29-33-26-25(28(42)35-29)32-16-37(26)13-23(38)36(14-24(39)40)12-11-31-30(43)44-15-22-20-9-5-3-7-18(20)19-8-4-6-10-21(19)22/h3-10,16-17,22H,11-15H2,1-2H3,(H,31,43)(H,39,40)(H2,33,34,35,41,42). The minimum atomic E-state index is -1.25. The second-order valence-electron chi connectivity index (χ2n) is 10.6. The van der Waals surface area contributed by atoms with Crippen molar-refractivity contribution in [2.75, 3.05) is 31.6 Å². The summed E-state index contributed by atoms with van der Waals surface area (Å²) in [6, 6.07) is 15.9. The number of anilines is 1. The Hall–Kier alpha value is -5.53. The second kappa shape index (κ2) is 12.8. The van der Waals surface area contributed by atoms with E-state index < -0.39 is 30.1 Å². The number of ether oxygens (including phenoxy) is 1. The number of aromatic amines is 1. The van der Waals surface area contributed by atoms with Gasteiger partial charge in [-0.3, -0.25) is 29.5 Å². The van der Waals surface area contributed by atoms with E-state index in [2.05, 4.69) is 25.6 Å². The first-order valence-corrected chi connectivity index (χ1v) is 14.0. The van der Waals surface area contributed by atoms with Crippen molar-refractivity contribution in [3.8, 4) is 11.1 Å². The fraction of sp³-hybridized carbons (Fsp3) is 0.300. The smallest absolute Gasteiger partial charge is 0.407 e. The number of carboxylic acids is 1. The Labute approximate surface area is 251 Å². The van der Waals surface area contributed by atoms with Gasteiger partial charge in [0.1, 0.15) is 19.7 Å². The normalized spacial score (nSPS) is 12.1. The van der Waals surface area contributed by atoms with Crippen molar-refractivity contribution < 1.29 is 29.0 Å². The van der Waals surface area contributed by atoms with E-state index >= 15 is 0 Å². The molecular formula is C30H31N7O7. The Morgan fingerprint density at radius 3 is 2.36 bits per heavy atom. The van der Waals surface area contributed by atoms with Crippen LogP contribution in [0.1, 0.15) is 30.9 Å². The Balaban J connectivity index is 1.19. The minimum absolute atomic E-state index is 0.0354. The van der Waals surface area contributed by atoms with Crippen molar-refractivity contribution in [3.05, 3.63) is 76.3 Å². The first-order valence-electron chi connectivity index (χ1n) is 14.0. The van der Waals surface area contributed by atoms with Crippen molar-refractivity contribution >= 4 is 41.0 Å². The lowest BCUT2D eigenvalue weighted by Gasteiger charge is -2.21. The van der Waals surface area contributed by atoms with E-state index in [9.17, 15) is 29.1 Å². The largest absolute Gasteiger partial charge is 0.480 e. The predicted molar refractivity (Wildman–Crippen MR) is 159 cm³/mol. The van der Waals surface area contributed by atoms with Crippen molar-refractivity contribution in [1.82, 2.24) is 29.7 Å². The molecule has 0 saturated carbocycles. The topological polar surface area (TPSA) is 189 Å². The van der Waals surface area contributed by atoms with Gasteiger partial charge in [-0.1, -0.05) is 62.4 Å². The van der Waals surface area contributed by atoms with Gasteiger partial charge in [0.05, 0.1) is 6.33 Å². The van der Waals surface area contributed by atoms with Crippen molar-refractivity contribution in [2.24, 2.45) is 5.92 Å². The highest BCUT2D eigenvalue weighted by atomic mass is 16.5. The van der Waals surface area contributed by atoms with Gasteiger partial charge in [-0.25, -0.2) is 9.78 Å². The average Bonchev–Trinajstić information content (AvgIpc) is 3.54. The molecule has 1 aliphatic carbocycles. The third kappa shape index (κ3) is 6.43. The molecule has 5 rings (SSSR count). The number of hydrogen-bond donors (Lipinski definition) is 4. The number of carboxylic acid groups (broad SMARTS) is 1. The minimum Gasteiger partial charge on any atom is -0.480 e. The molecule has 0 fully saturated rings. The van der Waals surface area contributed by atoms with Gasteiger partial charge in [-0.05, 0) is 22.3 Å². The van der Waals surface area contributed by atoms with E-state index in [0.717, 1.165) is 27.2 Å². The van der Waals surface area contributed by atoms with E-state index in [1.165, 1.54) is 10.9 Å².